The normalized spacial score (nSPS) is 25.7. The summed E-state index contributed by atoms with van der Waals surface area (Å²) in [6, 6.07) is 2.50. The van der Waals surface area contributed by atoms with Crippen LogP contribution in [0.15, 0.2) is 12.3 Å². The van der Waals surface area contributed by atoms with E-state index in [1.54, 1.807) is 0 Å². The van der Waals surface area contributed by atoms with Gasteiger partial charge in [0.1, 0.15) is 0 Å². The molecule has 1 N–H and O–H groups in total. The zero-order valence-corrected chi connectivity index (χ0v) is 13.9. The fraction of sp³-hybridized carbons (Fsp3) is 0.824. The van der Waals surface area contributed by atoms with E-state index in [-0.39, 0.29) is 0 Å². The SMILES string of the molecule is CCCN1CCCC(O)(Cc2ccn(C(C)CC)n2)CC1. The van der Waals surface area contributed by atoms with Crippen molar-refractivity contribution in [3.63, 3.8) is 0 Å². The third-order valence-electron chi connectivity index (χ3n) is 4.77. The number of aromatic nitrogens is 2. The molecule has 0 bridgehead atoms. The van der Waals surface area contributed by atoms with Crippen molar-refractivity contribution in [1.82, 2.24) is 14.7 Å². The van der Waals surface area contributed by atoms with Gasteiger partial charge in [-0.05, 0) is 58.2 Å². The maximum absolute atomic E-state index is 10.9. The molecule has 1 saturated heterocycles. The molecule has 120 valence electrons. The minimum atomic E-state index is -0.572. The standard InChI is InChI=1S/C17H31N3O/c1-4-10-19-11-6-8-17(21,9-13-19)14-16-7-12-20(18-16)15(3)5-2/h7,12,15,21H,4-6,8-11,13-14H2,1-3H3. The first-order chi connectivity index (χ1) is 10.1. The van der Waals surface area contributed by atoms with Crippen molar-refractivity contribution in [2.24, 2.45) is 0 Å². The molecule has 4 heteroatoms. The van der Waals surface area contributed by atoms with E-state index in [0.29, 0.717) is 12.5 Å². The molecule has 0 amide bonds. The predicted molar refractivity (Wildman–Crippen MR) is 86.5 cm³/mol. The molecule has 1 aromatic heterocycles. The van der Waals surface area contributed by atoms with Gasteiger partial charge in [0.15, 0.2) is 0 Å². The highest BCUT2D eigenvalue weighted by Crippen LogP contribution is 2.26. The molecule has 1 aromatic rings. The Bertz CT molecular complexity index is 431. The van der Waals surface area contributed by atoms with Crippen LogP contribution in [0.1, 0.15) is 64.6 Å². The van der Waals surface area contributed by atoms with Crippen molar-refractivity contribution in [1.29, 1.82) is 0 Å². The van der Waals surface area contributed by atoms with Crippen molar-refractivity contribution in [3.05, 3.63) is 18.0 Å². The quantitative estimate of drug-likeness (QED) is 0.876. The molecular weight excluding hydrogens is 262 g/mol. The smallest absolute Gasteiger partial charge is 0.0716 e. The van der Waals surface area contributed by atoms with E-state index in [4.69, 9.17) is 0 Å². The summed E-state index contributed by atoms with van der Waals surface area (Å²) in [4.78, 5) is 2.48. The highest BCUT2D eigenvalue weighted by atomic mass is 16.3. The Labute approximate surface area is 129 Å². The Morgan fingerprint density at radius 3 is 2.86 bits per heavy atom. The van der Waals surface area contributed by atoms with Crippen LogP contribution in [0.5, 0.6) is 0 Å². The summed E-state index contributed by atoms with van der Waals surface area (Å²) < 4.78 is 2.03. The van der Waals surface area contributed by atoms with E-state index < -0.39 is 5.60 Å². The van der Waals surface area contributed by atoms with Gasteiger partial charge in [-0.2, -0.15) is 5.10 Å². The second-order valence-electron chi connectivity index (χ2n) is 6.64. The maximum atomic E-state index is 10.9. The van der Waals surface area contributed by atoms with Gasteiger partial charge in [-0.25, -0.2) is 0 Å². The molecule has 0 aromatic carbocycles. The fourth-order valence-corrected chi connectivity index (χ4v) is 3.19. The highest BCUT2D eigenvalue weighted by molar-refractivity contribution is 5.05. The van der Waals surface area contributed by atoms with Gasteiger partial charge in [0.2, 0.25) is 0 Å². The van der Waals surface area contributed by atoms with E-state index >= 15 is 0 Å². The Kier molecular flexibility index (Phi) is 5.82. The first kappa shape index (κ1) is 16.5. The maximum Gasteiger partial charge on any atom is 0.0716 e. The average Bonchev–Trinajstić information content (AvgIpc) is 2.84. The molecule has 2 rings (SSSR count). The van der Waals surface area contributed by atoms with E-state index in [0.717, 1.165) is 51.0 Å². The second-order valence-corrected chi connectivity index (χ2v) is 6.64. The summed E-state index contributed by atoms with van der Waals surface area (Å²) in [6.07, 6.45) is 7.85. The molecule has 0 aliphatic carbocycles. The molecular formula is C17H31N3O. The molecule has 4 nitrogen and oxygen atoms in total. The zero-order valence-electron chi connectivity index (χ0n) is 13.9. The fourth-order valence-electron chi connectivity index (χ4n) is 3.19. The molecule has 2 heterocycles. The monoisotopic (exact) mass is 293 g/mol. The Morgan fingerprint density at radius 2 is 2.14 bits per heavy atom. The molecule has 1 fully saturated rings. The lowest BCUT2D eigenvalue weighted by atomic mass is 9.90. The number of aliphatic hydroxyl groups is 1. The van der Waals surface area contributed by atoms with E-state index in [9.17, 15) is 5.11 Å². The molecule has 0 spiro atoms. The van der Waals surface area contributed by atoms with Crippen LogP contribution >= 0.6 is 0 Å². The second kappa shape index (κ2) is 7.41. The zero-order chi connectivity index (χ0) is 15.3. The van der Waals surface area contributed by atoms with E-state index in [1.807, 2.05) is 10.9 Å². The van der Waals surface area contributed by atoms with Crippen LogP contribution in [0.2, 0.25) is 0 Å². The number of hydrogen-bond acceptors (Lipinski definition) is 3. The van der Waals surface area contributed by atoms with Crippen LogP contribution in [-0.2, 0) is 6.42 Å². The molecule has 0 radical (unpaired) electrons. The summed E-state index contributed by atoms with van der Waals surface area (Å²) in [5.41, 5.74) is 0.457. The summed E-state index contributed by atoms with van der Waals surface area (Å²) in [5, 5.41) is 15.6. The third kappa shape index (κ3) is 4.55. The molecule has 1 aliphatic heterocycles. The number of hydrogen-bond donors (Lipinski definition) is 1. The third-order valence-corrected chi connectivity index (χ3v) is 4.77. The predicted octanol–water partition coefficient (Wildman–Crippen LogP) is 3.02. The first-order valence-corrected chi connectivity index (χ1v) is 8.55. The largest absolute Gasteiger partial charge is 0.389 e. The van der Waals surface area contributed by atoms with Gasteiger partial charge in [0, 0.05) is 25.2 Å². The lowest BCUT2D eigenvalue weighted by Gasteiger charge is -2.26. The van der Waals surface area contributed by atoms with Crippen molar-refractivity contribution in [2.75, 3.05) is 19.6 Å². The topological polar surface area (TPSA) is 41.3 Å². The van der Waals surface area contributed by atoms with Crippen molar-refractivity contribution < 1.29 is 5.11 Å². The molecule has 1 aliphatic rings. The van der Waals surface area contributed by atoms with Gasteiger partial charge in [0.25, 0.3) is 0 Å². The molecule has 0 saturated carbocycles. The van der Waals surface area contributed by atoms with Gasteiger partial charge in [-0.3, -0.25) is 4.68 Å². The minimum absolute atomic E-state index is 0.433. The minimum Gasteiger partial charge on any atom is -0.389 e. The van der Waals surface area contributed by atoms with Crippen LogP contribution in [-0.4, -0.2) is 45.0 Å². The Morgan fingerprint density at radius 1 is 1.33 bits per heavy atom. The van der Waals surface area contributed by atoms with Crippen molar-refractivity contribution in [2.45, 2.75) is 70.9 Å². The van der Waals surface area contributed by atoms with Gasteiger partial charge in [-0.1, -0.05) is 13.8 Å². The highest BCUT2D eigenvalue weighted by Gasteiger charge is 2.31. The Balaban J connectivity index is 1.96. The first-order valence-electron chi connectivity index (χ1n) is 8.55. The lowest BCUT2D eigenvalue weighted by molar-refractivity contribution is 0.0246. The van der Waals surface area contributed by atoms with Crippen LogP contribution in [0, 0.1) is 0 Å². The van der Waals surface area contributed by atoms with Crippen molar-refractivity contribution in [3.8, 4) is 0 Å². The molecule has 21 heavy (non-hydrogen) atoms. The van der Waals surface area contributed by atoms with E-state index in [1.165, 1.54) is 6.42 Å². The van der Waals surface area contributed by atoms with Gasteiger partial charge in [0.05, 0.1) is 11.3 Å². The number of nitrogens with zero attached hydrogens (tertiary/aromatic N) is 3. The Hall–Kier alpha value is -0.870. The summed E-state index contributed by atoms with van der Waals surface area (Å²) in [6.45, 7) is 9.86. The number of likely N-dealkylation sites (tertiary alicyclic amines) is 1. The van der Waals surface area contributed by atoms with Gasteiger partial charge in [-0.15, -0.1) is 0 Å². The average molecular weight is 293 g/mol. The summed E-state index contributed by atoms with van der Waals surface area (Å²) in [7, 11) is 0. The van der Waals surface area contributed by atoms with Crippen LogP contribution < -0.4 is 0 Å². The van der Waals surface area contributed by atoms with Crippen LogP contribution in [0.3, 0.4) is 0 Å². The number of rotatable bonds is 6. The molecule has 2 atom stereocenters. The van der Waals surface area contributed by atoms with Crippen LogP contribution in [0.25, 0.3) is 0 Å². The van der Waals surface area contributed by atoms with Gasteiger partial charge >= 0.3 is 0 Å². The van der Waals surface area contributed by atoms with Crippen LogP contribution in [0.4, 0.5) is 0 Å². The van der Waals surface area contributed by atoms with Gasteiger partial charge < -0.3 is 10.0 Å². The van der Waals surface area contributed by atoms with Crippen molar-refractivity contribution >= 4 is 0 Å². The summed E-state index contributed by atoms with van der Waals surface area (Å²) >= 11 is 0. The lowest BCUT2D eigenvalue weighted by Crippen LogP contribution is -2.33. The summed E-state index contributed by atoms with van der Waals surface area (Å²) in [5.74, 6) is 0. The molecule has 2 unspecified atom stereocenters. The van der Waals surface area contributed by atoms with E-state index in [2.05, 4.69) is 36.8 Å².